The molecule has 180 valence electrons. The molecule has 0 saturated carbocycles. The molecule has 0 aliphatic heterocycles. The van der Waals surface area contributed by atoms with Crippen LogP contribution in [0.25, 0.3) is 11.1 Å². The molecule has 0 spiro atoms. The minimum absolute atomic E-state index is 0.0280. The van der Waals surface area contributed by atoms with Gasteiger partial charge >= 0.3 is 12.1 Å². The number of hydrogen-bond acceptors (Lipinski definition) is 4. The lowest BCUT2D eigenvalue weighted by molar-refractivity contribution is -0.142. The minimum Gasteiger partial charge on any atom is -0.480 e. The summed E-state index contributed by atoms with van der Waals surface area (Å²) in [5.74, 6) is -2.25. The number of nitrogens with one attached hydrogen (secondary N) is 2. The molecule has 0 bridgehead atoms. The minimum atomic E-state index is -1.11. The van der Waals surface area contributed by atoms with E-state index in [2.05, 4.69) is 22.8 Å². The van der Waals surface area contributed by atoms with Crippen molar-refractivity contribution in [2.45, 2.75) is 25.3 Å². The van der Waals surface area contributed by atoms with E-state index >= 15 is 0 Å². The normalized spacial score (nSPS) is 13.7. The van der Waals surface area contributed by atoms with Crippen molar-refractivity contribution in [3.05, 3.63) is 95.6 Å². The summed E-state index contributed by atoms with van der Waals surface area (Å²) in [5.41, 5.74) is 5.33. The van der Waals surface area contributed by atoms with Crippen LogP contribution >= 0.6 is 0 Å². The van der Waals surface area contributed by atoms with Crippen LogP contribution in [-0.2, 0) is 20.7 Å². The van der Waals surface area contributed by atoms with Crippen LogP contribution in [0.15, 0.2) is 78.9 Å². The third-order valence-electron chi connectivity index (χ3n) is 6.24. The number of carbonyl (C=O) groups excluding carboxylic acids is 2. The number of ether oxygens (including phenoxy) is 1. The average molecular weight is 473 g/mol. The van der Waals surface area contributed by atoms with E-state index in [0.29, 0.717) is 0 Å². The predicted molar refractivity (Wildman–Crippen MR) is 132 cm³/mol. The number of carboxylic acid groups (broad SMARTS) is 1. The molecule has 0 saturated heterocycles. The van der Waals surface area contributed by atoms with E-state index in [4.69, 9.17) is 4.74 Å². The van der Waals surface area contributed by atoms with Crippen molar-refractivity contribution >= 4 is 18.0 Å². The van der Waals surface area contributed by atoms with Gasteiger partial charge in [0, 0.05) is 18.9 Å². The van der Waals surface area contributed by atoms with Crippen molar-refractivity contribution in [1.82, 2.24) is 10.6 Å². The number of carboxylic acids is 1. The second-order valence-electron chi connectivity index (χ2n) is 8.70. The number of benzene rings is 3. The second kappa shape index (κ2) is 10.9. The van der Waals surface area contributed by atoms with Crippen LogP contribution in [0, 0.1) is 5.92 Å². The van der Waals surface area contributed by atoms with Crippen molar-refractivity contribution in [3.63, 3.8) is 0 Å². The van der Waals surface area contributed by atoms with Crippen molar-refractivity contribution in [1.29, 1.82) is 0 Å². The Labute approximate surface area is 204 Å². The lowest BCUT2D eigenvalue weighted by Gasteiger charge is -2.19. The van der Waals surface area contributed by atoms with Gasteiger partial charge in [-0.3, -0.25) is 4.79 Å². The molecule has 1 unspecified atom stereocenters. The highest BCUT2D eigenvalue weighted by Crippen LogP contribution is 2.44. The summed E-state index contributed by atoms with van der Waals surface area (Å²) in [6.45, 7) is 1.83. The largest absolute Gasteiger partial charge is 0.480 e. The van der Waals surface area contributed by atoms with Gasteiger partial charge in [-0.05, 0) is 27.8 Å². The van der Waals surface area contributed by atoms with Crippen LogP contribution < -0.4 is 10.6 Å². The third kappa shape index (κ3) is 5.69. The molecule has 1 aliphatic carbocycles. The van der Waals surface area contributed by atoms with Crippen LogP contribution in [-0.4, -0.2) is 42.3 Å². The topological polar surface area (TPSA) is 105 Å². The Kier molecular flexibility index (Phi) is 7.45. The van der Waals surface area contributed by atoms with Gasteiger partial charge in [-0.25, -0.2) is 9.59 Å². The third-order valence-corrected chi connectivity index (χ3v) is 6.24. The van der Waals surface area contributed by atoms with Gasteiger partial charge in [-0.1, -0.05) is 85.8 Å². The van der Waals surface area contributed by atoms with Crippen LogP contribution in [0.3, 0.4) is 0 Å². The van der Waals surface area contributed by atoms with Gasteiger partial charge in [0.1, 0.15) is 12.6 Å². The molecule has 2 amide bonds. The highest BCUT2D eigenvalue weighted by atomic mass is 16.5. The maximum atomic E-state index is 12.5. The molecule has 4 rings (SSSR count). The van der Waals surface area contributed by atoms with Gasteiger partial charge in [0.05, 0.1) is 5.92 Å². The van der Waals surface area contributed by atoms with Gasteiger partial charge in [0.15, 0.2) is 0 Å². The maximum Gasteiger partial charge on any atom is 0.407 e. The Bertz CT molecular complexity index is 1170. The molecular formula is C28H28N2O5. The van der Waals surface area contributed by atoms with E-state index in [1.807, 2.05) is 66.7 Å². The lowest BCUT2D eigenvalue weighted by atomic mass is 9.98. The summed E-state index contributed by atoms with van der Waals surface area (Å²) in [6.07, 6.45) is -0.445. The van der Waals surface area contributed by atoms with Crippen LogP contribution in [0.5, 0.6) is 0 Å². The molecule has 0 heterocycles. The van der Waals surface area contributed by atoms with Crippen LogP contribution in [0.2, 0.25) is 0 Å². The first-order valence-corrected chi connectivity index (χ1v) is 11.6. The number of hydrogen-bond donors (Lipinski definition) is 3. The predicted octanol–water partition coefficient (Wildman–Crippen LogP) is 3.97. The summed E-state index contributed by atoms with van der Waals surface area (Å²) in [4.78, 5) is 36.5. The number of alkyl carbamates (subject to hydrolysis) is 1. The van der Waals surface area contributed by atoms with Gasteiger partial charge < -0.3 is 20.5 Å². The van der Waals surface area contributed by atoms with Crippen molar-refractivity contribution < 1.29 is 24.2 Å². The Morgan fingerprint density at radius 3 is 2.06 bits per heavy atom. The molecule has 7 heteroatoms. The van der Waals surface area contributed by atoms with Crippen LogP contribution in [0.4, 0.5) is 4.79 Å². The van der Waals surface area contributed by atoms with Crippen molar-refractivity contribution in [2.75, 3.05) is 13.2 Å². The van der Waals surface area contributed by atoms with E-state index in [1.54, 1.807) is 6.92 Å². The smallest absolute Gasteiger partial charge is 0.407 e. The fourth-order valence-corrected chi connectivity index (χ4v) is 4.34. The first-order chi connectivity index (χ1) is 16.9. The van der Waals surface area contributed by atoms with Crippen molar-refractivity contribution in [3.8, 4) is 11.1 Å². The SMILES string of the molecule is CC(CNC(=O)OCC1c2ccccc2-c2ccccc21)C(=O)N[C@@H](Cc1ccccc1)C(=O)O. The Balaban J connectivity index is 1.28. The quantitative estimate of drug-likeness (QED) is 0.437. The number of amides is 2. The summed E-state index contributed by atoms with van der Waals surface area (Å²) < 4.78 is 5.49. The molecule has 35 heavy (non-hydrogen) atoms. The molecule has 0 fully saturated rings. The zero-order valence-corrected chi connectivity index (χ0v) is 19.4. The first kappa shape index (κ1) is 24.0. The number of fused-ring (bicyclic) bond motifs is 3. The van der Waals surface area contributed by atoms with E-state index in [0.717, 1.165) is 27.8 Å². The monoisotopic (exact) mass is 472 g/mol. The molecule has 1 aliphatic rings. The zero-order chi connectivity index (χ0) is 24.8. The molecule has 2 atom stereocenters. The molecule has 3 N–H and O–H groups in total. The summed E-state index contributed by atoms with van der Waals surface area (Å²) in [5, 5.41) is 14.7. The van der Waals surface area contributed by atoms with Gasteiger partial charge in [0.25, 0.3) is 0 Å². The van der Waals surface area contributed by atoms with Crippen LogP contribution in [0.1, 0.15) is 29.5 Å². The van der Waals surface area contributed by atoms with E-state index < -0.39 is 29.9 Å². The molecule has 0 aromatic heterocycles. The lowest BCUT2D eigenvalue weighted by Crippen LogP contribution is -2.46. The Hall–Kier alpha value is -4.13. The fraction of sp³-hybridized carbons (Fsp3) is 0.250. The van der Waals surface area contributed by atoms with E-state index in [-0.39, 0.29) is 25.5 Å². The van der Waals surface area contributed by atoms with E-state index in [1.165, 1.54) is 0 Å². The second-order valence-corrected chi connectivity index (χ2v) is 8.70. The highest BCUT2D eigenvalue weighted by molar-refractivity contribution is 5.85. The van der Waals surface area contributed by atoms with Gasteiger partial charge in [-0.15, -0.1) is 0 Å². The standard InChI is InChI=1S/C28H28N2O5/c1-18(26(31)30-25(27(32)33)15-19-9-3-2-4-10-19)16-29-28(34)35-17-24-22-13-7-5-11-20(22)21-12-6-8-14-23(21)24/h2-14,18,24-25H,15-17H2,1H3,(H,29,34)(H,30,31)(H,32,33)/t18?,25-/m0/s1. The number of aliphatic carboxylic acids is 1. The highest BCUT2D eigenvalue weighted by Gasteiger charge is 2.29. The molecule has 3 aromatic carbocycles. The summed E-state index contributed by atoms with van der Waals surface area (Å²) in [7, 11) is 0. The molecule has 3 aromatic rings. The summed E-state index contributed by atoms with van der Waals surface area (Å²) in [6, 6.07) is 24.2. The van der Waals surface area contributed by atoms with E-state index in [9.17, 15) is 19.5 Å². The number of carbonyl (C=O) groups is 3. The maximum absolute atomic E-state index is 12.5. The Morgan fingerprint density at radius 2 is 1.46 bits per heavy atom. The summed E-state index contributed by atoms with van der Waals surface area (Å²) >= 11 is 0. The number of rotatable bonds is 9. The molecule has 7 nitrogen and oxygen atoms in total. The zero-order valence-electron chi connectivity index (χ0n) is 19.4. The Morgan fingerprint density at radius 1 is 0.886 bits per heavy atom. The molecular weight excluding hydrogens is 444 g/mol. The first-order valence-electron chi connectivity index (χ1n) is 11.6. The molecule has 0 radical (unpaired) electrons. The fourth-order valence-electron chi connectivity index (χ4n) is 4.34. The average Bonchev–Trinajstić information content (AvgIpc) is 3.19. The van der Waals surface area contributed by atoms with Gasteiger partial charge in [-0.2, -0.15) is 0 Å². The van der Waals surface area contributed by atoms with Crippen molar-refractivity contribution in [2.24, 2.45) is 5.92 Å². The van der Waals surface area contributed by atoms with Gasteiger partial charge in [0.2, 0.25) is 5.91 Å².